The number of halogens is 1. The fourth-order valence-corrected chi connectivity index (χ4v) is 2.45. The van der Waals surface area contributed by atoms with Gasteiger partial charge >= 0.3 is 0 Å². The van der Waals surface area contributed by atoms with Gasteiger partial charge in [0.15, 0.2) is 5.13 Å². The Balaban J connectivity index is 2.54. The molecule has 1 aromatic carbocycles. The van der Waals surface area contributed by atoms with E-state index in [2.05, 4.69) is 23.3 Å². The van der Waals surface area contributed by atoms with E-state index in [9.17, 15) is 0 Å². The molecule has 2 rings (SSSR count). The average molecular weight is 227 g/mol. The molecule has 0 aliphatic carbocycles. The van der Waals surface area contributed by atoms with Crippen molar-refractivity contribution < 1.29 is 0 Å². The first kappa shape index (κ1) is 9.74. The third-order valence-corrected chi connectivity index (χ3v) is 3.38. The molecule has 0 atom stereocenters. The molecule has 14 heavy (non-hydrogen) atoms. The molecule has 2 nitrogen and oxygen atoms in total. The van der Waals surface area contributed by atoms with Crippen molar-refractivity contribution in [3.8, 4) is 0 Å². The largest absolute Gasteiger partial charge is 0.362 e. The second-order valence-corrected chi connectivity index (χ2v) is 4.56. The number of nitrogens with one attached hydrogen (secondary N) is 1. The second-order valence-electron chi connectivity index (χ2n) is 3.12. The summed E-state index contributed by atoms with van der Waals surface area (Å²) in [5, 5.41) is 4.95. The summed E-state index contributed by atoms with van der Waals surface area (Å²) in [6, 6.07) is 4.00. The van der Waals surface area contributed by atoms with Crippen LogP contribution in [0, 0.1) is 6.92 Å². The van der Waals surface area contributed by atoms with Gasteiger partial charge in [0.25, 0.3) is 0 Å². The quantitative estimate of drug-likeness (QED) is 0.845. The Labute approximate surface area is 91.9 Å². The number of rotatable bonds is 2. The van der Waals surface area contributed by atoms with Gasteiger partial charge in [-0.05, 0) is 31.5 Å². The van der Waals surface area contributed by atoms with Crippen LogP contribution in [0.1, 0.15) is 12.5 Å². The fourth-order valence-electron chi connectivity index (χ4n) is 1.28. The molecule has 0 saturated carbocycles. The SMILES string of the molecule is CCNc1nc2cc(Cl)c(C)cc2s1. The van der Waals surface area contributed by atoms with Gasteiger partial charge in [-0.25, -0.2) is 4.98 Å². The molecule has 0 spiro atoms. The second kappa shape index (κ2) is 3.75. The lowest BCUT2D eigenvalue weighted by Gasteiger charge is -1.94. The van der Waals surface area contributed by atoms with E-state index in [4.69, 9.17) is 11.6 Å². The van der Waals surface area contributed by atoms with Crippen molar-refractivity contribution in [1.29, 1.82) is 0 Å². The van der Waals surface area contributed by atoms with Crippen LogP contribution in [0.5, 0.6) is 0 Å². The molecule has 0 fully saturated rings. The molecule has 1 heterocycles. The van der Waals surface area contributed by atoms with Crippen LogP contribution >= 0.6 is 22.9 Å². The minimum atomic E-state index is 0.783. The summed E-state index contributed by atoms with van der Waals surface area (Å²) >= 11 is 7.68. The highest BCUT2D eigenvalue weighted by Gasteiger charge is 2.05. The van der Waals surface area contributed by atoms with Crippen LogP contribution in [0.4, 0.5) is 5.13 Å². The zero-order valence-electron chi connectivity index (χ0n) is 8.10. The lowest BCUT2D eigenvalue weighted by Crippen LogP contribution is -1.94. The first-order chi connectivity index (χ1) is 6.70. The topological polar surface area (TPSA) is 24.9 Å². The molecule has 74 valence electrons. The normalized spacial score (nSPS) is 10.8. The number of anilines is 1. The summed E-state index contributed by atoms with van der Waals surface area (Å²) in [6.45, 7) is 4.96. The molecule has 0 aliphatic heterocycles. The Morgan fingerprint density at radius 2 is 2.29 bits per heavy atom. The molecule has 0 bridgehead atoms. The number of aryl methyl sites for hydroxylation is 1. The third kappa shape index (κ3) is 1.70. The van der Waals surface area contributed by atoms with Gasteiger partial charge in [-0.15, -0.1) is 0 Å². The smallest absolute Gasteiger partial charge is 0.183 e. The van der Waals surface area contributed by atoms with Crippen LogP contribution in [-0.2, 0) is 0 Å². The van der Waals surface area contributed by atoms with Crippen molar-refractivity contribution >= 4 is 38.3 Å². The maximum Gasteiger partial charge on any atom is 0.183 e. The van der Waals surface area contributed by atoms with Crippen molar-refractivity contribution in [2.45, 2.75) is 13.8 Å². The van der Waals surface area contributed by atoms with E-state index >= 15 is 0 Å². The van der Waals surface area contributed by atoms with Crippen molar-refractivity contribution in [3.63, 3.8) is 0 Å². The monoisotopic (exact) mass is 226 g/mol. The molecular formula is C10H11ClN2S. The van der Waals surface area contributed by atoms with Gasteiger partial charge in [-0.2, -0.15) is 0 Å². The van der Waals surface area contributed by atoms with E-state index in [0.29, 0.717) is 0 Å². The van der Waals surface area contributed by atoms with E-state index in [1.807, 2.05) is 13.0 Å². The van der Waals surface area contributed by atoms with E-state index in [-0.39, 0.29) is 0 Å². The molecule has 0 amide bonds. The summed E-state index contributed by atoms with van der Waals surface area (Å²) in [4.78, 5) is 4.43. The summed E-state index contributed by atoms with van der Waals surface area (Å²) in [6.07, 6.45) is 0. The fraction of sp³-hybridized carbons (Fsp3) is 0.300. The van der Waals surface area contributed by atoms with Crippen LogP contribution in [-0.4, -0.2) is 11.5 Å². The summed E-state index contributed by atoms with van der Waals surface area (Å²) < 4.78 is 1.18. The first-order valence-electron chi connectivity index (χ1n) is 4.51. The van der Waals surface area contributed by atoms with Crippen LogP contribution in [0.3, 0.4) is 0 Å². The maximum atomic E-state index is 6.02. The number of hydrogen-bond acceptors (Lipinski definition) is 3. The Bertz CT molecular complexity index is 425. The molecule has 2 aromatic rings. The predicted octanol–water partition coefficient (Wildman–Crippen LogP) is 3.69. The van der Waals surface area contributed by atoms with Gasteiger partial charge in [0.05, 0.1) is 10.2 Å². The number of fused-ring (bicyclic) bond motifs is 1. The average Bonchev–Trinajstić information content (AvgIpc) is 2.48. The van der Waals surface area contributed by atoms with Gasteiger partial charge in [-0.3, -0.25) is 0 Å². The van der Waals surface area contributed by atoms with Crippen molar-refractivity contribution in [1.82, 2.24) is 4.98 Å². The van der Waals surface area contributed by atoms with Gasteiger partial charge in [-0.1, -0.05) is 22.9 Å². The molecule has 1 aromatic heterocycles. The molecular weight excluding hydrogens is 216 g/mol. The lowest BCUT2D eigenvalue weighted by atomic mass is 10.2. The zero-order chi connectivity index (χ0) is 10.1. The van der Waals surface area contributed by atoms with Crippen molar-refractivity contribution in [2.24, 2.45) is 0 Å². The molecule has 1 N–H and O–H groups in total. The van der Waals surface area contributed by atoms with Crippen LogP contribution in [0.15, 0.2) is 12.1 Å². The van der Waals surface area contributed by atoms with E-state index < -0.39 is 0 Å². The van der Waals surface area contributed by atoms with E-state index in [0.717, 1.165) is 27.8 Å². The first-order valence-corrected chi connectivity index (χ1v) is 5.70. The standard InChI is InChI=1S/C10H11ClN2S/c1-3-12-10-13-8-5-7(11)6(2)4-9(8)14-10/h4-5H,3H2,1-2H3,(H,12,13). The van der Waals surface area contributed by atoms with Crippen LogP contribution in [0.25, 0.3) is 10.2 Å². The molecule has 0 aliphatic rings. The summed E-state index contributed by atoms with van der Waals surface area (Å²) in [5.74, 6) is 0. The minimum Gasteiger partial charge on any atom is -0.362 e. The van der Waals surface area contributed by atoms with Gasteiger partial charge < -0.3 is 5.32 Å². The molecule has 0 saturated heterocycles. The van der Waals surface area contributed by atoms with Gasteiger partial charge in [0.1, 0.15) is 0 Å². The van der Waals surface area contributed by atoms with Crippen LogP contribution < -0.4 is 5.32 Å². The van der Waals surface area contributed by atoms with Crippen LogP contribution in [0.2, 0.25) is 5.02 Å². The Morgan fingerprint density at radius 3 is 3.00 bits per heavy atom. The zero-order valence-corrected chi connectivity index (χ0v) is 9.67. The highest BCUT2D eigenvalue weighted by Crippen LogP contribution is 2.30. The number of thiazole rings is 1. The highest BCUT2D eigenvalue weighted by atomic mass is 35.5. The lowest BCUT2D eigenvalue weighted by molar-refractivity contribution is 1.20. The van der Waals surface area contributed by atoms with E-state index in [1.54, 1.807) is 11.3 Å². The number of hydrogen-bond donors (Lipinski definition) is 1. The third-order valence-electron chi connectivity index (χ3n) is 2.00. The Hall–Kier alpha value is -0.800. The Morgan fingerprint density at radius 1 is 1.50 bits per heavy atom. The molecule has 0 unspecified atom stereocenters. The number of benzene rings is 1. The minimum absolute atomic E-state index is 0.783. The summed E-state index contributed by atoms with van der Waals surface area (Å²) in [5.41, 5.74) is 2.08. The maximum absolute atomic E-state index is 6.02. The van der Waals surface area contributed by atoms with Gasteiger partial charge in [0.2, 0.25) is 0 Å². The van der Waals surface area contributed by atoms with E-state index in [1.165, 1.54) is 4.70 Å². The highest BCUT2D eigenvalue weighted by molar-refractivity contribution is 7.22. The molecule has 4 heteroatoms. The van der Waals surface area contributed by atoms with Crippen molar-refractivity contribution in [3.05, 3.63) is 22.7 Å². The number of aromatic nitrogens is 1. The van der Waals surface area contributed by atoms with Crippen molar-refractivity contribution in [2.75, 3.05) is 11.9 Å². The summed E-state index contributed by atoms with van der Waals surface area (Å²) in [7, 11) is 0. The van der Waals surface area contributed by atoms with Gasteiger partial charge in [0, 0.05) is 11.6 Å². The molecule has 0 radical (unpaired) electrons. The Kier molecular flexibility index (Phi) is 2.61. The number of nitrogens with zero attached hydrogens (tertiary/aromatic N) is 1. The predicted molar refractivity (Wildman–Crippen MR) is 63.5 cm³/mol.